The van der Waals surface area contributed by atoms with Crippen LogP contribution in [0.4, 0.5) is 0 Å². The maximum atomic E-state index is 14.5. The molecule has 0 saturated heterocycles. The molecule has 0 amide bonds. The first-order chi connectivity index (χ1) is 24.4. The van der Waals surface area contributed by atoms with Crippen LogP contribution in [0.5, 0.6) is 0 Å². The Labute approximate surface area is 310 Å². The Bertz CT molecular complexity index is 1840. The Morgan fingerprint density at radius 2 is 0.880 bits per heavy atom. The maximum Gasteiger partial charge on any atom is 0.195 e. The van der Waals surface area contributed by atoms with E-state index >= 15 is 0 Å². The average Bonchev–Trinajstić information content (AvgIpc) is 3.90. The number of fused-ring (bicyclic) bond motifs is 2. The first-order valence-corrected chi connectivity index (χ1v) is 22.0. The summed E-state index contributed by atoms with van der Waals surface area (Å²) in [5.74, 6) is 0. The van der Waals surface area contributed by atoms with Gasteiger partial charge in [0.25, 0.3) is 0 Å². The van der Waals surface area contributed by atoms with E-state index in [1.807, 2.05) is 6.92 Å². The van der Waals surface area contributed by atoms with E-state index in [0.717, 1.165) is 74.4 Å². The zero-order chi connectivity index (χ0) is 35.3. The summed E-state index contributed by atoms with van der Waals surface area (Å²) in [6.45, 7) is 8.66. The highest BCUT2D eigenvalue weighted by molar-refractivity contribution is 7.23. The smallest absolute Gasteiger partial charge is 0.195 e. The fourth-order valence-corrected chi connectivity index (χ4v) is 10.00. The summed E-state index contributed by atoms with van der Waals surface area (Å²) in [6.07, 6.45) is 27.5. The lowest BCUT2D eigenvalue weighted by Gasteiger charge is -2.12. The van der Waals surface area contributed by atoms with E-state index in [1.54, 1.807) is 22.7 Å². The number of benzene rings is 1. The number of unbranched alkanes of at least 4 members (excludes halogenated alkanes) is 18. The van der Waals surface area contributed by atoms with E-state index in [4.69, 9.17) is 0 Å². The highest BCUT2D eigenvalue weighted by Gasteiger charge is 2.24. The zero-order valence-electron chi connectivity index (χ0n) is 31.7. The van der Waals surface area contributed by atoms with Crippen molar-refractivity contribution in [1.29, 1.82) is 0 Å². The molecule has 3 aromatic carbocycles. The lowest BCUT2D eigenvalue weighted by atomic mass is 9.91. The van der Waals surface area contributed by atoms with Gasteiger partial charge in [0, 0.05) is 35.8 Å². The molecule has 0 bridgehead atoms. The van der Waals surface area contributed by atoms with Crippen LogP contribution >= 0.6 is 22.7 Å². The molecule has 2 heterocycles. The molecule has 5 aromatic rings. The number of rotatable bonds is 24. The summed E-state index contributed by atoms with van der Waals surface area (Å²) in [5, 5.41) is 3.93. The number of hydrogen-bond acceptors (Lipinski definition) is 4. The molecular formula is C46H62O2S2. The van der Waals surface area contributed by atoms with Crippen LogP contribution in [0.1, 0.15) is 164 Å². The molecular weight excluding hydrogens is 649 g/mol. The van der Waals surface area contributed by atoms with Gasteiger partial charge in [-0.05, 0) is 103 Å². The van der Waals surface area contributed by atoms with Crippen LogP contribution in [0.15, 0.2) is 46.0 Å². The monoisotopic (exact) mass is 710 g/mol. The second-order valence-corrected chi connectivity index (χ2v) is 17.4. The molecule has 5 rings (SSSR count). The first kappa shape index (κ1) is 38.7. The Balaban J connectivity index is 1.38. The molecule has 0 fully saturated rings. The van der Waals surface area contributed by atoms with Gasteiger partial charge in [0.2, 0.25) is 0 Å². The lowest BCUT2D eigenvalue weighted by molar-refractivity contribution is 0.556. The molecule has 0 atom stereocenters. The van der Waals surface area contributed by atoms with Gasteiger partial charge in [-0.15, -0.1) is 22.7 Å². The fourth-order valence-electron chi connectivity index (χ4n) is 8.02. The molecule has 0 unspecified atom stereocenters. The van der Waals surface area contributed by atoms with Crippen LogP contribution in [0.25, 0.3) is 41.7 Å². The third-order valence-corrected chi connectivity index (χ3v) is 13.2. The number of thiophene rings is 2. The van der Waals surface area contributed by atoms with Crippen molar-refractivity contribution >= 4 is 44.2 Å². The molecule has 2 aromatic heterocycles. The molecule has 0 spiro atoms. The number of aryl methyl sites for hydroxylation is 4. The summed E-state index contributed by atoms with van der Waals surface area (Å²) in [5.41, 5.74) is 4.24. The van der Waals surface area contributed by atoms with Crippen LogP contribution in [0.2, 0.25) is 0 Å². The van der Waals surface area contributed by atoms with E-state index in [-0.39, 0.29) is 10.9 Å². The molecule has 0 aliphatic rings. The van der Waals surface area contributed by atoms with Crippen molar-refractivity contribution in [2.24, 2.45) is 0 Å². The second-order valence-electron chi connectivity index (χ2n) is 15.0. The highest BCUT2D eigenvalue weighted by atomic mass is 32.1. The minimum atomic E-state index is 0.162. The molecule has 0 aliphatic carbocycles. The third kappa shape index (κ3) is 9.85. The first-order valence-electron chi connectivity index (χ1n) is 20.3. The van der Waals surface area contributed by atoms with E-state index in [0.29, 0.717) is 0 Å². The summed E-state index contributed by atoms with van der Waals surface area (Å²) in [7, 11) is 0. The molecule has 4 heteroatoms. The third-order valence-electron chi connectivity index (χ3n) is 10.9. The van der Waals surface area contributed by atoms with Gasteiger partial charge in [0.1, 0.15) is 0 Å². The molecule has 2 nitrogen and oxygen atoms in total. The molecule has 0 radical (unpaired) electrons. The minimum Gasteiger partial charge on any atom is -0.289 e. The quantitative estimate of drug-likeness (QED) is 0.0598. The van der Waals surface area contributed by atoms with Crippen molar-refractivity contribution in [2.45, 2.75) is 169 Å². The van der Waals surface area contributed by atoms with Crippen molar-refractivity contribution in [1.82, 2.24) is 0 Å². The van der Waals surface area contributed by atoms with Crippen molar-refractivity contribution in [2.75, 3.05) is 0 Å². The SMILES string of the molecule is CCCCCCCCCCCCc1c2cc(-c3ccc(-c4ccc(C)s4)s3)c(=O)c2c(CCCCCCCCCCCC)c2cc(C)c(=O)c12. The molecule has 0 N–H and O–H groups in total. The van der Waals surface area contributed by atoms with Crippen LogP contribution in [-0.2, 0) is 12.8 Å². The van der Waals surface area contributed by atoms with Crippen molar-refractivity contribution in [3.63, 3.8) is 0 Å². The van der Waals surface area contributed by atoms with Crippen molar-refractivity contribution < 1.29 is 0 Å². The Morgan fingerprint density at radius 3 is 1.38 bits per heavy atom. The van der Waals surface area contributed by atoms with Gasteiger partial charge < -0.3 is 0 Å². The topological polar surface area (TPSA) is 34.1 Å². The van der Waals surface area contributed by atoms with Gasteiger partial charge >= 0.3 is 0 Å². The zero-order valence-corrected chi connectivity index (χ0v) is 33.3. The van der Waals surface area contributed by atoms with Gasteiger partial charge in [0.05, 0.1) is 0 Å². The fraction of sp³-hybridized carbons (Fsp3) is 0.565. The maximum absolute atomic E-state index is 14.5. The van der Waals surface area contributed by atoms with Crippen LogP contribution < -0.4 is 10.9 Å². The van der Waals surface area contributed by atoms with Crippen LogP contribution in [0.3, 0.4) is 0 Å². The number of hydrogen-bond donors (Lipinski definition) is 0. The second kappa shape index (κ2) is 19.9. The van der Waals surface area contributed by atoms with Gasteiger partial charge in [-0.3, -0.25) is 9.59 Å². The lowest BCUT2D eigenvalue weighted by Crippen LogP contribution is -2.06. The predicted octanol–water partition coefficient (Wildman–Crippen LogP) is 14.6. The molecule has 270 valence electrons. The summed E-state index contributed by atoms with van der Waals surface area (Å²) < 4.78 is 0. The summed E-state index contributed by atoms with van der Waals surface area (Å²) >= 11 is 3.53. The minimum absolute atomic E-state index is 0.162. The summed E-state index contributed by atoms with van der Waals surface area (Å²) in [6, 6.07) is 12.9. The predicted molar refractivity (Wildman–Crippen MR) is 224 cm³/mol. The van der Waals surface area contributed by atoms with Crippen molar-refractivity contribution in [3.05, 3.63) is 78.4 Å². The van der Waals surface area contributed by atoms with Gasteiger partial charge in [-0.1, -0.05) is 129 Å². The van der Waals surface area contributed by atoms with Gasteiger partial charge in [-0.25, -0.2) is 0 Å². The van der Waals surface area contributed by atoms with E-state index < -0.39 is 0 Å². The van der Waals surface area contributed by atoms with Crippen LogP contribution in [-0.4, -0.2) is 0 Å². The van der Waals surface area contributed by atoms with E-state index in [1.165, 1.54) is 130 Å². The van der Waals surface area contributed by atoms with E-state index in [9.17, 15) is 9.59 Å². The standard InChI is InChI=1S/C46H62O2S2/c1-5-7-9-11-13-15-17-19-21-23-25-35-37-31-33(3)45(47)43(37)36(26-24-22-20-18-16-14-12-10-8-6-2)38-32-39(46(48)44(35)38)40-29-30-42(50-40)41-28-27-34(4)49-41/h27-32H,5-26H2,1-4H3. The normalized spacial score (nSPS) is 11.9. The Kier molecular flexibility index (Phi) is 15.4. The molecule has 0 saturated carbocycles. The van der Waals surface area contributed by atoms with Gasteiger partial charge in [0.15, 0.2) is 10.9 Å². The molecule has 0 aliphatic heterocycles. The van der Waals surface area contributed by atoms with Gasteiger partial charge in [-0.2, -0.15) is 0 Å². The van der Waals surface area contributed by atoms with Crippen molar-refractivity contribution in [3.8, 4) is 20.2 Å². The average molecular weight is 711 g/mol. The van der Waals surface area contributed by atoms with E-state index in [2.05, 4.69) is 57.2 Å². The van der Waals surface area contributed by atoms with Crippen LogP contribution in [0, 0.1) is 13.8 Å². The summed E-state index contributed by atoms with van der Waals surface area (Å²) in [4.78, 5) is 33.2. The largest absolute Gasteiger partial charge is 0.289 e. The Hall–Kier alpha value is -2.56. The Morgan fingerprint density at radius 1 is 0.460 bits per heavy atom. The highest BCUT2D eigenvalue weighted by Crippen LogP contribution is 2.40. The molecule has 50 heavy (non-hydrogen) atoms.